The lowest BCUT2D eigenvalue weighted by Crippen LogP contribution is -2.35. The Balaban J connectivity index is 2.62. The molecule has 0 fully saturated rings. The van der Waals surface area contributed by atoms with Crippen molar-refractivity contribution in [2.75, 3.05) is 5.75 Å². The Morgan fingerprint density at radius 3 is 2.59 bits per heavy atom. The molecule has 0 aliphatic carbocycles. The molecule has 1 aromatic heterocycles. The molecule has 0 unspecified atom stereocenters. The summed E-state index contributed by atoms with van der Waals surface area (Å²) in [6.45, 7) is 11.8. The maximum atomic E-state index is 4.54. The summed E-state index contributed by atoms with van der Waals surface area (Å²) in [5.41, 5.74) is 2.71. The number of pyridine rings is 1. The average molecular weight is 252 g/mol. The number of hydrogen-bond acceptors (Lipinski definition) is 3. The molecule has 17 heavy (non-hydrogen) atoms. The Bertz CT molecular complexity index is 356. The van der Waals surface area contributed by atoms with Crippen LogP contribution >= 0.6 is 11.8 Å². The van der Waals surface area contributed by atoms with Crippen molar-refractivity contribution in [3.8, 4) is 0 Å². The molecular weight excluding hydrogens is 228 g/mol. The maximum absolute atomic E-state index is 4.54. The smallest absolute Gasteiger partial charge is 0.0989 e. The Morgan fingerprint density at radius 2 is 2.06 bits per heavy atom. The van der Waals surface area contributed by atoms with E-state index < -0.39 is 0 Å². The van der Waals surface area contributed by atoms with Gasteiger partial charge in [0.2, 0.25) is 0 Å². The van der Waals surface area contributed by atoms with E-state index in [1.165, 1.54) is 22.6 Å². The van der Waals surface area contributed by atoms with Crippen LogP contribution in [-0.2, 0) is 6.54 Å². The molecule has 0 aliphatic heterocycles. The van der Waals surface area contributed by atoms with Gasteiger partial charge in [-0.05, 0) is 51.0 Å². The van der Waals surface area contributed by atoms with Gasteiger partial charge in [-0.15, -0.1) is 11.8 Å². The first-order chi connectivity index (χ1) is 7.92. The summed E-state index contributed by atoms with van der Waals surface area (Å²) in [5, 5.41) is 4.65. The molecular formula is C14H24N2S. The van der Waals surface area contributed by atoms with Gasteiger partial charge in [-0.3, -0.25) is 0 Å². The second-order valence-electron chi connectivity index (χ2n) is 5.42. The van der Waals surface area contributed by atoms with Crippen LogP contribution < -0.4 is 5.32 Å². The molecule has 0 saturated heterocycles. The fraction of sp³-hybridized carbons (Fsp3) is 0.643. The van der Waals surface area contributed by atoms with E-state index in [9.17, 15) is 0 Å². The number of hydrogen-bond donors (Lipinski definition) is 1. The molecule has 0 saturated carbocycles. The van der Waals surface area contributed by atoms with Gasteiger partial charge in [-0.25, -0.2) is 4.98 Å². The second-order valence-corrected chi connectivity index (χ2v) is 6.50. The predicted molar refractivity (Wildman–Crippen MR) is 76.6 cm³/mol. The van der Waals surface area contributed by atoms with Gasteiger partial charge in [0.25, 0.3) is 0 Å². The summed E-state index contributed by atoms with van der Waals surface area (Å²) in [7, 11) is 0. The van der Waals surface area contributed by atoms with E-state index in [1.54, 1.807) is 0 Å². The first-order valence-electron chi connectivity index (χ1n) is 6.25. The van der Waals surface area contributed by atoms with E-state index in [0.29, 0.717) is 0 Å². The molecule has 0 spiro atoms. The Morgan fingerprint density at radius 1 is 1.35 bits per heavy atom. The summed E-state index contributed by atoms with van der Waals surface area (Å²) in [6.07, 6.45) is 3.18. The number of nitrogens with one attached hydrogen (secondary N) is 1. The average Bonchev–Trinajstić information content (AvgIpc) is 2.24. The first kappa shape index (κ1) is 14.5. The third-order valence-electron chi connectivity index (χ3n) is 2.35. The van der Waals surface area contributed by atoms with Gasteiger partial charge >= 0.3 is 0 Å². The van der Waals surface area contributed by atoms with E-state index in [-0.39, 0.29) is 5.54 Å². The maximum Gasteiger partial charge on any atom is 0.0989 e. The molecule has 1 N–H and O–H groups in total. The van der Waals surface area contributed by atoms with Crippen LogP contribution in [0.15, 0.2) is 17.3 Å². The molecule has 2 nitrogen and oxygen atoms in total. The van der Waals surface area contributed by atoms with E-state index in [1.807, 2.05) is 18.0 Å². The van der Waals surface area contributed by atoms with Gasteiger partial charge in [-0.2, -0.15) is 0 Å². The SMILES string of the molecule is CCCSc1ncc(CNC(C)(C)C)cc1C. The van der Waals surface area contributed by atoms with Crippen LogP contribution in [0.4, 0.5) is 0 Å². The summed E-state index contributed by atoms with van der Waals surface area (Å²) >= 11 is 1.85. The van der Waals surface area contributed by atoms with Gasteiger partial charge < -0.3 is 5.32 Å². The van der Waals surface area contributed by atoms with Crippen LogP contribution in [0.1, 0.15) is 45.2 Å². The zero-order chi connectivity index (χ0) is 12.9. The standard InChI is InChI=1S/C14H24N2S/c1-6-7-17-13-11(2)8-12(9-15-13)10-16-14(3,4)5/h8-9,16H,6-7,10H2,1-5H3. The molecule has 0 amide bonds. The van der Waals surface area contributed by atoms with E-state index in [4.69, 9.17) is 0 Å². The lowest BCUT2D eigenvalue weighted by Gasteiger charge is -2.20. The monoisotopic (exact) mass is 252 g/mol. The minimum atomic E-state index is 0.156. The number of nitrogens with zero attached hydrogens (tertiary/aromatic N) is 1. The largest absolute Gasteiger partial charge is 0.308 e. The predicted octanol–water partition coefficient (Wildman–Crippen LogP) is 3.78. The molecule has 0 atom stereocenters. The van der Waals surface area contributed by atoms with Gasteiger partial charge in [0.15, 0.2) is 0 Å². The Hall–Kier alpha value is -0.540. The van der Waals surface area contributed by atoms with Crippen molar-refractivity contribution < 1.29 is 0 Å². The third kappa shape index (κ3) is 5.55. The van der Waals surface area contributed by atoms with Crippen molar-refractivity contribution in [3.05, 3.63) is 23.4 Å². The van der Waals surface area contributed by atoms with Gasteiger partial charge in [0.1, 0.15) is 0 Å². The summed E-state index contributed by atoms with van der Waals surface area (Å²) < 4.78 is 0. The van der Waals surface area contributed by atoms with Crippen molar-refractivity contribution in [3.63, 3.8) is 0 Å². The second kappa shape index (κ2) is 6.41. The van der Waals surface area contributed by atoms with E-state index >= 15 is 0 Å². The summed E-state index contributed by atoms with van der Waals surface area (Å²) in [6, 6.07) is 2.24. The topological polar surface area (TPSA) is 24.9 Å². The molecule has 0 bridgehead atoms. The van der Waals surface area contributed by atoms with Gasteiger partial charge in [0.05, 0.1) is 5.03 Å². The number of aromatic nitrogens is 1. The molecule has 0 aliphatic rings. The molecule has 1 rings (SSSR count). The highest BCUT2D eigenvalue weighted by Crippen LogP contribution is 2.21. The Kier molecular flexibility index (Phi) is 5.47. The number of aryl methyl sites for hydroxylation is 1. The van der Waals surface area contributed by atoms with E-state index in [0.717, 1.165) is 12.3 Å². The van der Waals surface area contributed by atoms with Crippen LogP contribution in [0, 0.1) is 6.92 Å². The van der Waals surface area contributed by atoms with Crippen molar-refractivity contribution in [2.45, 2.75) is 58.1 Å². The third-order valence-corrected chi connectivity index (χ3v) is 3.67. The lowest BCUT2D eigenvalue weighted by atomic mass is 10.1. The van der Waals surface area contributed by atoms with Crippen molar-refractivity contribution in [2.24, 2.45) is 0 Å². The molecule has 1 aromatic rings. The van der Waals surface area contributed by atoms with Crippen molar-refractivity contribution in [1.29, 1.82) is 0 Å². The molecule has 0 aromatic carbocycles. The first-order valence-corrected chi connectivity index (χ1v) is 7.24. The van der Waals surface area contributed by atoms with Crippen LogP contribution in [0.5, 0.6) is 0 Å². The normalized spacial score (nSPS) is 11.8. The van der Waals surface area contributed by atoms with Gasteiger partial charge in [0, 0.05) is 18.3 Å². The summed E-state index contributed by atoms with van der Waals surface area (Å²) in [4.78, 5) is 4.54. The van der Waals surface area contributed by atoms with Crippen molar-refractivity contribution in [1.82, 2.24) is 10.3 Å². The van der Waals surface area contributed by atoms with Crippen LogP contribution in [0.2, 0.25) is 0 Å². The molecule has 96 valence electrons. The lowest BCUT2D eigenvalue weighted by molar-refractivity contribution is 0.424. The minimum Gasteiger partial charge on any atom is -0.308 e. The van der Waals surface area contributed by atoms with Crippen LogP contribution in [0.3, 0.4) is 0 Å². The molecule has 0 radical (unpaired) electrons. The number of rotatable bonds is 5. The quantitative estimate of drug-likeness (QED) is 0.807. The fourth-order valence-electron chi connectivity index (χ4n) is 1.43. The highest BCUT2D eigenvalue weighted by atomic mass is 32.2. The Labute approximate surface area is 110 Å². The van der Waals surface area contributed by atoms with E-state index in [2.05, 4.69) is 51.0 Å². The highest BCUT2D eigenvalue weighted by molar-refractivity contribution is 7.99. The zero-order valence-electron chi connectivity index (χ0n) is 11.6. The zero-order valence-corrected chi connectivity index (χ0v) is 12.4. The fourth-order valence-corrected chi connectivity index (χ4v) is 2.25. The van der Waals surface area contributed by atoms with Crippen LogP contribution in [0.25, 0.3) is 0 Å². The number of thioether (sulfide) groups is 1. The summed E-state index contributed by atoms with van der Waals surface area (Å²) in [5.74, 6) is 1.15. The minimum absolute atomic E-state index is 0.156. The van der Waals surface area contributed by atoms with Gasteiger partial charge in [-0.1, -0.05) is 13.0 Å². The molecule has 3 heteroatoms. The van der Waals surface area contributed by atoms with Crippen molar-refractivity contribution >= 4 is 11.8 Å². The molecule has 1 heterocycles. The van der Waals surface area contributed by atoms with Crippen LogP contribution in [-0.4, -0.2) is 16.3 Å². The highest BCUT2D eigenvalue weighted by Gasteiger charge is 2.09.